The fraction of sp³-hybridized carbons (Fsp3) is 0.312. The Morgan fingerprint density at radius 3 is 2.36 bits per heavy atom. The molecule has 0 bridgehead atoms. The van der Waals surface area contributed by atoms with Gasteiger partial charge in [0.2, 0.25) is 0 Å². The van der Waals surface area contributed by atoms with Gasteiger partial charge in [-0.2, -0.15) is 5.10 Å². The normalized spacial score (nSPS) is 11.7. The molecule has 0 saturated carbocycles. The predicted octanol–water partition coefficient (Wildman–Crippen LogP) is 2.21. The lowest BCUT2D eigenvalue weighted by Gasteiger charge is -2.11. The molecule has 0 fully saturated rings. The summed E-state index contributed by atoms with van der Waals surface area (Å²) in [5.41, 5.74) is 3.10. The first-order valence-electron chi connectivity index (χ1n) is 7.86. The van der Waals surface area contributed by atoms with Gasteiger partial charge in [-0.3, -0.25) is 14.0 Å². The highest BCUT2D eigenvalue weighted by molar-refractivity contribution is 7.92. The van der Waals surface area contributed by atoms with Crippen LogP contribution in [0, 0.1) is 20.8 Å². The van der Waals surface area contributed by atoms with Crippen molar-refractivity contribution >= 4 is 15.7 Å². The summed E-state index contributed by atoms with van der Waals surface area (Å²) in [5.74, 6) is 0.441. The zero-order valence-corrected chi connectivity index (χ0v) is 15.4. The Morgan fingerprint density at radius 2 is 1.76 bits per heavy atom. The molecule has 0 saturated heterocycles. The molecule has 25 heavy (non-hydrogen) atoms. The summed E-state index contributed by atoms with van der Waals surface area (Å²) >= 11 is 0. The van der Waals surface area contributed by atoms with E-state index >= 15 is 0 Å². The van der Waals surface area contributed by atoms with Crippen molar-refractivity contribution in [1.82, 2.24) is 24.5 Å². The van der Waals surface area contributed by atoms with E-state index in [2.05, 4.69) is 20.0 Å². The number of sulfonamides is 1. The number of aromatic nitrogens is 5. The second-order valence-corrected chi connectivity index (χ2v) is 7.50. The standard InChI is InChI=1S/C16H20N6O2S/c1-5-22-13(4)15(16(19-22)21-9-17-18-10-21)20-25(23,24)14-7-6-11(2)12(3)8-14/h6-10,20H,5H2,1-4H3. The number of nitrogens with one attached hydrogen (secondary N) is 1. The van der Waals surface area contributed by atoms with Gasteiger partial charge in [-0.25, -0.2) is 8.42 Å². The van der Waals surface area contributed by atoms with Gasteiger partial charge in [-0.15, -0.1) is 10.2 Å². The summed E-state index contributed by atoms with van der Waals surface area (Å²) in [5, 5.41) is 12.0. The van der Waals surface area contributed by atoms with Gasteiger partial charge in [-0.1, -0.05) is 6.07 Å². The molecule has 0 unspecified atom stereocenters. The molecule has 132 valence electrons. The van der Waals surface area contributed by atoms with Crippen LogP contribution in [-0.4, -0.2) is 33.0 Å². The van der Waals surface area contributed by atoms with Gasteiger partial charge in [0, 0.05) is 6.54 Å². The summed E-state index contributed by atoms with van der Waals surface area (Å²) in [4.78, 5) is 0.217. The Labute approximate surface area is 146 Å². The van der Waals surface area contributed by atoms with Gasteiger partial charge in [0.1, 0.15) is 18.3 Å². The minimum absolute atomic E-state index is 0.217. The molecule has 0 aliphatic carbocycles. The fourth-order valence-electron chi connectivity index (χ4n) is 2.52. The van der Waals surface area contributed by atoms with Gasteiger partial charge in [0.25, 0.3) is 10.0 Å². The number of benzene rings is 1. The summed E-state index contributed by atoms with van der Waals surface area (Å²) in [6.45, 7) is 8.21. The Bertz CT molecular complexity index is 1010. The fourth-order valence-corrected chi connectivity index (χ4v) is 3.73. The third-order valence-corrected chi connectivity index (χ3v) is 5.52. The van der Waals surface area contributed by atoms with E-state index < -0.39 is 10.0 Å². The van der Waals surface area contributed by atoms with E-state index in [0.717, 1.165) is 16.8 Å². The van der Waals surface area contributed by atoms with Crippen LogP contribution in [-0.2, 0) is 16.6 Å². The summed E-state index contributed by atoms with van der Waals surface area (Å²) in [6, 6.07) is 5.06. The quantitative estimate of drug-likeness (QED) is 0.753. The van der Waals surface area contributed by atoms with Crippen LogP contribution in [0.4, 0.5) is 5.69 Å². The van der Waals surface area contributed by atoms with E-state index in [0.29, 0.717) is 18.1 Å². The van der Waals surface area contributed by atoms with E-state index in [1.807, 2.05) is 27.7 Å². The Hall–Kier alpha value is -2.68. The molecule has 1 N–H and O–H groups in total. The first kappa shape index (κ1) is 17.2. The van der Waals surface area contributed by atoms with Crippen LogP contribution in [0.15, 0.2) is 35.7 Å². The van der Waals surface area contributed by atoms with Crippen LogP contribution in [0.2, 0.25) is 0 Å². The summed E-state index contributed by atoms with van der Waals surface area (Å²) in [6.07, 6.45) is 2.96. The van der Waals surface area contributed by atoms with Crippen molar-refractivity contribution < 1.29 is 8.42 Å². The van der Waals surface area contributed by atoms with Crippen LogP contribution in [0.3, 0.4) is 0 Å². The molecule has 1 aromatic carbocycles. The zero-order chi connectivity index (χ0) is 18.2. The smallest absolute Gasteiger partial charge is 0.262 e. The maximum Gasteiger partial charge on any atom is 0.262 e. The minimum Gasteiger partial charge on any atom is -0.274 e. The number of hydrogen-bond acceptors (Lipinski definition) is 5. The topological polar surface area (TPSA) is 94.7 Å². The van der Waals surface area contributed by atoms with Crippen molar-refractivity contribution in [2.45, 2.75) is 39.1 Å². The molecule has 9 heteroatoms. The Morgan fingerprint density at radius 1 is 1.08 bits per heavy atom. The van der Waals surface area contributed by atoms with Gasteiger partial charge >= 0.3 is 0 Å². The maximum atomic E-state index is 12.8. The molecule has 0 radical (unpaired) electrons. The monoisotopic (exact) mass is 360 g/mol. The number of hydrogen-bond donors (Lipinski definition) is 1. The van der Waals surface area contributed by atoms with E-state index in [4.69, 9.17) is 0 Å². The lowest BCUT2D eigenvalue weighted by molar-refractivity contribution is 0.601. The van der Waals surface area contributed by atoms with Crippen LogP contribution in [0.25, 0.3) is 5.82 Å². The average molecular weight is 360 g/mol. The molecular formula is C16H20N6O2S. The lowest BCUT2D eigenvalue weighted by atomic mass is 10.1. The molecule has 0 atom stereocenters. The van der Waals surface area contributed by atoms with Crippen molar-refractivity contribution in [3.05, 3.63) is 47.7 Å². The Balaban J connectivity index is 2.07. The summed E-state index contributed by atoms with van der Waals surface area (Å²) in [7, 11) is -3.74. The van der Waals surface area contributed by atoms with Crippen LogP contribution >= 0.6 is 0 Å². The van der Waals surface area contributed by atoms with Crippen molar-refractivity contribution in [3.8, 4) is 5.82 Å². The van der Waals surface area contributed by atoms with E-state index in [1.54, 1.807) is 27.4 Å². The highest BCUT2D eigenvalue weighted by Crippen LogP contribution is 2.27. The maximum absolute atomic E-state index is 12.8. The molecule has 0 spiro atoms. The molecular weight excluding hydrogens is 340 g/mol. The average Bonchev–Trinajstić information content (AvgIpc) is 3.19. The van der Waals surface area contributed by atoms with Gasteiger partial charge in [0.15, 0.2) is 5.82 Å². The van der Waals surface area contributed by atoms with Crippen molar-refractivity contribution in [2.24, 2.45) is 0 Å². The lowest BCUT2D eigenvalue weighted by Crippen LogP contribution is -2.15. The second-order valence-electron chi connectivity index (χ2n) is 5.82. The van der Waals surface area contributed by atoms with Gasteiger partial charge in [0.05, 0.1) is 10.6 Å². The molecule has 0 aliphatic heterocycles. The van der Waals surface area contributed by atoms with Crippen molar-refractivity contribution in [2.75, 3.05) is 4.72 Å². The molecule has 0 aliphatic rings. The number of anilines is 1. The molecule has 0 amide bonds. The van der Waals surface area contributed by atoms with Crippen LogP contribution in [0.1, 0.15) is 23.7 Å². The van der Waals surface area contributed by atoms with Gasteiger partial charge in [-0.05, 0) is 51.0 Å². The van der Waals surface area contributed by atoms with Gasteiger partial charge < -0.3 is 0 Å². The van der Waals surface area contributed by atoms with Crippen LogP contribution in [0.5, 0.6) is 0 Å². The van der Waals surface area contributed by atoms with Crippen molar-refractivity contribution in [3.63, 3.8) is 0 Å². The van der Waals surface area contributed by atoms with Crippen molar-refractivity contribution in [1.29, 1.82) is 0 Å². The Kier molecular flexibility index (Phi) is 4.34. The van der Waals surface area contributed by atoms with E-state index in [1.165, 1.54) is 12.7 Å². The zero-order valence-electron chi connectivity index (χ0n) is 14.6. The first-order valence-corrected chi connectivity index (χ1v) is 9.34. The van der Waals surface area contributed by atoms with Crippen LogP contribution < -0.4 is 4.72 Å². The number of aryl methyl sites for hydroxylation is 3. The molecule has 2 heterocycles. The summed E-state index contributed by atoms with van der Waals surface area (Å²) < 4.78 is 31.7. The highest BCUT2D eigenvalue weighted by Gasteiger charge is 2.22. The molecule has 3 aromatic rings. The highest BCUT2D eigenvalue weighted by atomic mass is 32.2. The number of nitrogens with zero attached hydrogens (tertiary/aromatic N) is 5. The number of rotatable bonds is 5. The minimum atomic E-state index is -3.74. The molecule has 8 nitrogen and oxygen atoms in total. The second kappa shape index (κ2) is 6.32. The SMILES string of the molecule is CCn1nc(-n2cnnc2)c(NS(=O)(=O)c2ccc(C)c(C)c2)c1C. The van der Waals surface area contributed by atoms with E-state index in [-0.39, 0.29) is 4.90 Å². The largest absolute Gasteiger partial charge is 0.274 e. The molecule has 3 rings (SSSR count). The molecule has 2 aromatic heterocycles. The first-order chi connectivity index (χ1) is 11.8. The predicted molar refractivity (Wildman–Crippen MR) is 94.3 cm³/mol. The van der Waals surface area contributed by atoms with E-state index in [9.17, 15) is 8.42 Å². The third-order valence-electron chi connectivity index (χ3n) is 4.18. The third kappa shape index (κ3) is 3.14.